The molecule has 6 heteroatoms. The molecule has 3 aromatic rings. The van der Waals surface area contributed by atoms with Gasteiger partial charge in [0.1, 0.15) is 6.10 Å². The Morgan fingerprint density at radius 2 is 1.86 bits per heavy atom. The summed E-state index contributed by atoms with van der Waals surface area (Å²) in [6.45, 7) is 2.13. The summed E-state index contributed by atoms with van der Waals surface area (Å²) in [5.74, 6) is 0.406. The highest BCUT2D eigenvalue weighted by Crippen LogP contribution is 2.24. The highest BCUT2D eigenvalue weighted by molar-refractivity contribution is 5.60. The van der Waals surface area contributed by atoms with E-state index in [-0.39, 0.29) is 6.54 Å². The van der Waals surface area contributed by atoms with Crippen LogP contribution in [0.1, 0.15) is 17.4 Å². The van der Waals surface area contributed by atoms with E-state index < -0.39 is 6.10 Å². The van der Waals surface area contributed by atoms with Crippen LogP contribution < -0.4 is 5.73 Å². The molecule has 1 unspecified atom stereocenters. The van der Waals surface area contributed by atoms with Crippen molar-refractivity contribution >= 4 is 0 Å². The second kappa shape index (κ2) is 6.05. The van der Waals surface area contributed by atoms with Gasteiger partial charge in [0.2, 0.25) is 0 Å². The van der Waals surface area contributed by atoms with E-state index in [1.165, 1.54) is 10.2 Å². The van der Waals surface area contributed by atoms with Crippen molar-refractivity contribution in [3.8, 4) is 17.2 Å². The molecule has 1 aromatic carbocycles. The molecule has 2 heterocycles. The van der Waals surface area contributed by atoms with E-state index in [1.807, 2.05) is 37.3 Å². The third-order valence-electron chi connectivity index (χ3n) is 3.39. The van der Waals surface area contributed by atoms with Crippen LogP contribution in [0.3, 0.4) is 0 Å². The lowest BCUT2D eigenvalue weighted by Gasteiger charge is -2.09. The lowest BCUT2D eigenvalue weighted by molar-refractivity contribution is 0.178. The van der Waals surface area contributed by atoms with Gasteiger partial charge in [-0.3, -0.25) is 0 Å². The van der Waals surface area contributed by atoms with Crippen molar-refractivity contribution in [3.05, 3.63) is 60.0 Å². The van der Waals surface area contributed by atoms with Crippen LogP contribution >= 0.6 is 0 Å². The molecule has 3 N–H and O–H groups in total. The number of aryl methyl sites for hydroxylation is 1. The number of aromatic nitrogens is 4. The van der Waals surface area contributed by atoms with Gasteiger partial charge in [-0.15, -0.1) is 0 Å². The van der Waals surface area contributed by atoms with E-state index in [9.17, 15) is 5.11 Å². The van der Waals surface area contributed by atoms with Crippen LogP contribution in [0.25, 0.3) is 17.2 Å². The van der Waals surface area contributed by atoms with Crippen molar-refractivity contribution in [2.75, 3.05) is 6.54 Å². The van der Waals surface area contributed by atoms with Gasteiger partial charge >= 0.3 is 0 Å². The number of benzene rings is 1. The number of hydrogen-bond donors (Lipinski definition) is 2. The topological polar surface area (TPSA) is 89.8 Å². The summed E-state index contributed by atoms with van der Waals surface area (Å²) in [6.07, 6.45) is 2.44. The van der Waals surface area contributed by atoms with E-state index in [0.29, 0.717) is 11.6 Å². The second-order valence-electron chi connectivity index (χ2n) is 5.03. The monoisotopic (exact) mass is 295 g/mol. The third kappa shape index (κ3) is 2.74. The van der Waals surface area contributed by atoms with Crippen LogP contribution in [-0.4, -0.2) is 31.4 Å². The molecular formula is C16H17N5O. The first-order chi connectivity index (χ1) is 10.7. The summed E-state index contributed by atoms with van der Waals surface area (Å²) in [4.78, 5) is 8.37. The van der Waals surface area contributed by atoms with Crippen molar-refractivity contribution in [2.45, 2.75) is 13.0 Å². The van der Waals surface area contributed by atoms with Gasteiger partial charge in [0.25, 0.3) is 5.95 Å². The molecule has 0 fully saturated rings. The second-order valence-corrected chi connectivity index (χ2v) is 5.03. The summed E-state index contributed by atoms with van der Waals surface area (Å²) >= 11 is 0. The molecule has 0 amide bonds. The number of aliphatic hydroxyl groups excluding tert-OH is 1. The quantitative estimate of drug-likeness (QED) is 0.763. The van der Waals surface area contributed by atoms with Gasteiger partial charge in [-0.1, -0.05) is 29.8 Å². The Balaban J connectivity index is 2.10. The Hall–Kier alpha value is -2.57. The van der Waals surface area contributed by atoms with Crippen molar-refractivity contribution in [3.63, 3.8) is 0 Å². The zero-order valence-electron chi connectivity index (χ0n) is 12.2. The molecule has 0 saturated heterocycles. The van der Waals surface area contributed by atoms with Gasteiger partial charge in [-0.2, -0.15) is 9.78 Å². The highest BCUT2D eigenvalue weighted by atomic mass is 16.3. The maximum absolute atomic E-state index is 10.1. The van der Waals surface area contributed by atoms with Crippen LogP contribution in [0, 0.1) is 6.92 Å². The van der Waals surface area contributed by atoms with E-state index in [2.05, 4.69) is 15.1 Å². The molecule has 112 valence electrons. The molecule has 0 radical (unpaired) electrons. The summed E-state index contributed by atoms with van der Waals surface area (Å²) in [7, 11) is 0. The molecule has 22 heavy (non-hydrogen) atoms. The zero-order chi connectivity index (χ0) is 15.5. The molecule has 0 saturated carbocycles. The molecular weight excluding hydrogens is 278 g/mol. The molecule has 0 spiro atoms. The van der Waals surface area contributed by atoms with Crippen LogP contribution in [-0.2, 0) is 0 Å². The number of aliphatic hydroxyl groups is 1. The van der Waals surface area contributed by atoms with Gasteiger partial charge in [-0.05, 0) is 19.1 Å². The molecule has 1 atom stereocenters. The molecule has 0 bridgehead atoms. The fraction of sp³-hybridized carbons (Fsp3) is 0.188. The van der Waals surface area contributed by atoms with Crippen molar-refractivity contribution in [1.29, 1.82) is 0 Å². The van der Waals surface area contributed by atoms with E-state index in [0.717, 1.165) is 11.3 Å². The maximum atomic E-state index is 10.1. The zero-order valence-corrected chi connectivity index (χ0v) is 12.2. The molecule has 0 aliphatic heterocycles. The summed E-state index contributed by atoms with van der Waals surface area (Å²) in [6, 6.07) is 11.6. The first-order valence-electron chi connectivity index (χ1n) is 7.01. The molecule has 0 aliphatic carbocycles. The van der Waals surface area contributed by atoms with Crippen molar-refractivity contribution in [1.82, 2.24) is 19.7 Å². The minimum Gasteiger partial charge on any atom is -0.385 e. The predicted octanol–water partition coefficient (Wildman–Crippen LogP) is 1.63. The molecule has 3 rings (SSSR count). The first kappa shape index (κ1) is 14.4. The molecule has 0 aliphatic rings. The Labute approximate surface area is 128 Å². The third-order valence-corrected chi connectivity index (χ3v) is 3.39. The van der Waals surface area contributed by atoms with Gasteiger partial charge in [-0.25, -0.2) is 9.97 Å². The van der Waals surface area contributed by atoms with Crippen LogP contribution in [0.5, 0.6) is 0 Å². The highest BCUT2D eigenvalue weighted by Gasteiger charge is 2.18. The van der Waals surface area contributed by atoms with Crippen LogP contribution in [0.15, 0.2) is 48.8 Å². The van der Waals surface area contributed by atoms with E-state index in [4.69, 9.17) is 5.73 Å². The van der Waals surface area contributed by atoms with Gasteiger partial charge in [0, 0.05) is 24.5 Å². The number of nitrogens with zero attached hydrogens (tertiary/aromatic N) is 4. The summed E-state index contributed by atoms with van der Waals surface area (Å²) < 4.78 is 1.53. The van der Waals surface area contributed by atoms with Crippen LogP contribution in [0.4, 0.5) is 0 Å². The van der Waals surface area contributed by atoms with E-state index in [1.54, 1.807) is 18.5 Å². The fourth-order valence-electron chi connectivity index (χ4n) is 2.18. The molecule has 6 nitrogen and oxygen atoms in total. The van der Waals surface area contributed by atoms with Crippen molar-refractivity contribution < 1.29 is 5.11 Å². The predicted molar refractivity (Wildman–Crippen MR) is 83.3 cm³/mol. The average molecular weight is 295 g/mol. The Bertz CT molecular complexity index is 752. The van der Waals surface area contributed by atoms with Gasteiger partial charge < -0.3 is 10.8 Å². The lowest BCUT2D eigenvalue weighted by atomic mass is 10.1. The standard InChI is InChI=1S/C16H17N5O/c1-11-3-5-12(6-4-11)13-9-14(15(22)10-17)21(20-13)16-18-7-2-8-19-16/h2-9,15,22H,10,17H2,1H3. The number of hydrogen-bond acceptors (Lipinski definition) is 5. The Morgan fingerprint density at radius 3 is 2.50 bits per heavy atom. The Morgan fingerprint density at radius 1 is 1.18 bits per heavy atom. The van der Waals surface area contributed by atoms with Gasteiger partial charge in [0.15, 0.2) is 0 Å². The minimum absolute atomic E-state index is 0.103. The summed E-state index contributed by atoms with van der Waals surface area (Å²) in [5, 5.41) is 14.7. The Kier molecular flexibility index (Phi) is 3.95. The van der Waals surface area contributed by atoms with Crippen molar-refractivity contribution in [2.24, 2.45) is 5.73 Å². The fourth-order valence-corrected chi connectivity index (χ4v) is 2.18. The van der Waals surface area contributed by atoms with Crippen LogP contribution in [0.2, 0.25) is 0 Å². The SMILES string of the molecule is Cc1ccc(-c2cc(C(O)CN)n(-c3ncccn3)n2)cc1. The largest absolute Gasteiger partial charge is 0.385 e. The molecule has 2 aromatic heterocycles. The first-order valence-corrected chi connectivity index (χ1v) is 7.01. The number of rotatable bonds is 4. The lowest BCUT2D eigenvalue weighted by Crippen LogP contribution is -2.16. The maximum Gasteiger partial charge on any atom is 0.250 e. The minimum atomic E-state index is -0.824. The normalized spacial score (nSPS) is 12.3. The smallest absolute Gasteiger partial charge is 0.250 e. The van der Waals surface area contributed by atoms with E-state index >= 15 is 0 Å². The number of nitrogens with two attached hydrogens (primary N) is 1. The van der Waals surface area contributed by atoms with Gasteiger partial charge in [0.05, 0.1) is 11.4 Å². The average Bonchev–Trinajstić information content (AvgIpc) is 3.01. The summed E-state index contributed by atoms with van der Waals surface area (Å²) in [5.41, 5.74) is 9.05.